The fourth-order valence-corrected chi connectivity index (χ4v) is 3.04. The number of benzene rings is 1. The molecule has 6 nitrogen and oxygen atoms in total. The normalized spacial score (nSPS) is 11.6. The third-order valence-corrected chi connectivity index (χ3v) is 4.26. The molecule has 0 spiro atoms. The van der Waals surface area contributed by atoms with Gasteiger partial charge in [-0.15, -0.1) is 0 Å². The van der Waals surface area contributed by atoms with E-state index >= 15 is 0 Å². The second-order valence-corrected chi connectivity index (χ2v) is 6.31. The number of fused-ring (bicyclic) bond motifs is 5. The molecule has 0 radical (unpaired) electrons. The summed E-state index contributed by atoms with van der Waals surface area (Å²) in [7, 11) is 3.96. The number of pyridine rings is 2. The highest BCUT2D eigenvalue weighted by molar-refractivity contribution is 6.05. The predicted molar refractivity (Wildman–Crippen MR) is 98.9 cm³/mol. The van der Waals surface area contributed by atoms with E-state index in [2.05, 4.69) is 10.3 Å². The van der Waals surface area contributed by atoms with Gasteiger partial charge in [0.25, 0.3) is 5.91 Å². The van der Waals surface area contributed by atoms with Gasteiger partial charge in [0.05, 0.1) is 22.1 Å². The number of nitrogens with one attached hydrogen (secondary N) is 1. The SMILES string of the molecule is CN(C)CCNC(=O)c1cc2cnccc2n2c1nc1ccccc12. The number of para-hydroxylation sites is 2. The van der Waals surface area contributed by atoms with Gasteiger partial charge < -0.3 is 10.2 Å². The number of amides is 1. The number of aromatic nitrogens is 3. The van der Waals surface area contributed by atoms with Crippen LogP contribution >= 0.6 is 0 Å². The molecule has 126 valence electrons. The van der Waals surface area contributed by atoms with E-state index in [0.717, 1.165) is 28.5 Å². The Morgan fingerprint density at radius 1 is 1.20 bits per heavy atom. The van der Waals surface area contributed by atoms with Gasteiger partial charge in [-0.3, -0.25) is 14.2 Å². The highest BCUT2D eigenvalue weighted by atomic mass is 16.1. The van der Waals surface area contributed by atoms with Crippen molar-refractivity contribution in [1.82, 2.24) is 24.6 Å². The van der Waals surface area contributed by atoms with Crippen LogP contribution in [0.4, 0.5) is 0 Å². The van der Waals surface area contributed by atoms with Crippen LogP contribution in [0, 0.1) is 0 Å². The number of nitrogens with zero attached hydrogens (tertiary/aromatic N) is 4. The van der Waals surface area contributed by atoms with E-state index in [1.54, 1.807) is 12.4 Å². The first-order valence-electron chi connectivity index (χ1n) is 8.22. The van der Waals surface area contributed by atoms with Crippen molar-refractivity contribution in [1.29, 1.82) is 0 Å². The lowest BCUT2D eigenvalue weighted by atomic mass is 10.1. The maximum absolute atomic E-state index is 12.8. The Morgan fingerprint density at radius 2 is 2.04 bits per heavy atom. The van der Waals surface area contributed by atoms with Crippen molar-refractivity contribution in [3.63, 3.8) is 0 Å². The van der Waals surface area contributed by atoms with Gasteiger partial charge in [0, 0.05) is 30.9 Å². The molecule has 0 aliphatic heterocycles. The first-order valence-corrected chi connectivity index (χ1v) is 8.22. The van der Waals surface area contributed by atoms with Gasteiger partial charge in [-0.2, -0.15) is 0 Å². The first kappa shape index (κ1) is 15.5. The van der Waals surface area contributed by atoms with Crippen LogP contribution in [0.2, 0.25) is 0 Å². The molecule has 0 saturated carbocycles. The first-order chi connectivity index (χ1) is 12.1. The van der Waals surface area contributed by atoms with E-state index in [0.29, 0.717) is 17.8 Å². The third kappa shape index (κ3) is 2.70. The molecule has 0 fully saturated rings. The quantitative estimate of drug-likeness (QED) is 0.623. The van der Waals surface area contributed by atoms with Crippen LogP contribution in [0.15, 0.2) is 48.8 Å². The van der Waals surface area contributed by atoms with Gasteiger partial charge in [-0.05, 0) is 38.4 Å². The van der Waals surface area contributed by atoms with E-state index in [1.807, 2.05) is 59.8 Å². The molecular formula is C19H19N5O. The molecule has 1 N–H and O–H groups in total. The summed E-state index contributed by atoms with van der Waals surface area (Å²) in [6.07, 6.45) is 3.54. The van der Waals surface area contributed by atoms with Crippen LogP contribution in [0.25, 0.3) is 27.6 Å². The molecule has 1 amide bonds. The summed E-state index contributed by atoms with van der Waals surface area (Å²) >= 11 is 0. The number of hydrogen-bond acceptors (Lipinski definition) is 4. The van der Waals surface area contributed by atoms with Crippen molar-refractivity contribution >= 4 is 33.5 Å². The van der Waals surface area contributed by atoms with E-state index in [9.17, 15) is 4.79 Å². The third-order valence-electron chi connectivity index (χ3n) is 4.26. The van der Waals surface area contributed by atoms with Crippen molar-refractivity contribution in [2.45, 2.75) is 0 Å². The molecule has 25 heavy (non-hydrogen) atoms. The summed E-state index contributed by atoms with van der Waals surface area (Å²) in [5.74, 6) is -0.118. The van der Waals surface area contributed by atoms with E-state index in [-0.39, 0.29) is 5.91 Å². The minimum Gasteiger partial charge on any atom is -0.351 e. The lowest BCUT2D eigenvalue weighted by Gasteiger charge is -2.12. The average molecular weight is 333 g/mol. The predicted octanol–water partition coefficient (Wildman–Crippen LogP) is 2.33. The minimum atomic E-state index is -0.118. The lowest BCUT2D eigenvalue weighted by Crippen LogP contribution is -2.31. The highest BCUT2D eigenvalue weighted by Gasteiger charge is 2.17. The van der Waals surface area contributed by atoms with Crippen LogP contribution in [-0.2, 0) is 0 Å². The summed E-state index contributed by atoms with van der Waals surface area (Å²) in [5.41, 5.74) is 4.08. The smallest absolute Gasteiger partial charge is 0.255 e. The Balaban J connectivity index is 1.92. The number of hydrogen-bond donors (Lipinski definition) is 1. The Kier molecular flexibility index (Phi) is 3.82. The fourth-order valence-electron chi connectivity index (χ4n) is 3.04. The largest absolute Gasteiger partial charge is 0.351 e. The summed E-state index contributed by atoms with van der Waals surface area (Å²) in [5, 5.41) is 3.89. The topological polar surface area (TPSA) is 62.5 Å². The standard InChI is InChI=1S/C19H19N5O/c1-23(2)10-9-21-19(25)14-11-13-12-20-8-7-16(13)24-17-6-4-3-5-15(17)22-18(14)24/h3-8,11-12H,9-10H2,1-2H3,(H,21,25). The Bertz CT molecular complexity index is 1080. The van der Waals surface area contributed by atoms with Crippen molar-refractivity contribution in [3.05, 3.63) is 54.4 Å². The van der Waals surface area contributed by atoms with E-state index < -0.39 is 0 Å². The molecule has 0 bridgehead atoms. The van der Waals surface area contributed by atoms with Gasteiger partial charge in [-0.25, -0.2) is 4.98 Å². The number of imidazole rings is 1. The number of carbonyl (C=O) groups excluding carboxylic acids is 1. The molecule has 0 unspecified atom stereocenters. The molecule has 1 aromatic carbocycles. The molecule has 0 aliphatic rings. The number of rotatable bonds is 4. The summed E-state index contributed by atoms with van der Waals surface area (Å²) in [6, 6.07) is 11.7. The zero-order valence-corrected chi connectivity index (χ0v) is 14.2. The molecule has 6 heteroatoms. The van der Waals surface area contributed by atoms with Crippen molar-refractivity contribution in [3.8, 4) is 0 Å². The summed E-state index contributed by atoms with van der Waals surface area (Å²) in [4.78, 5) is 23.7. The molecular weight excluding hydrogens is 314 g/mol. The van der Waals surface area contributed by atoms with Gasteiger partial charge in [-0.1, -0.05) is 12.1 Å². The van der Waals surface area contributed by atoms with Gasteiger partial charge >= 0.3 is 0 Å². The average Bonchev–Trinajstić information content (AvgIpc) is 3.00. The van der Waals surface area contributed by atoms with Crippen LogP contribution in [0.3, 0.4) is 0 Å². The molecule has 0 aliphatic carbocycles. The van der Waals surface area contributed by atoms with Gasteiger partial charge in [0.2, 0.25) is 0 Å². The van der Waals surface area contributed by atoms with Gasteiger partial charge in [0.1, 0.15) is 0 Å². The monoisotopic (exact) mass is 333 g/mol. The molecule has 0 atom stereocenters. The zero-order valence-electron chi connectivity index (χ0n) is 14.2. The van der Waals surface area contributed by atoms with Crippen molar-refractivity contribution < 1.29 is 4.79 Å². The highest BCUT2D eigenvalue weighted by Crippen LogP contribution is 2.25. The summed E-state index contributed by atoms with van der Waals surface area (Å²) < 4.78 is 2.03. The number of carbonyl (C=O) groups is 1. The fraction of sp³-hybridized carbons (Fsp3) is 0.211. The van der Waals surface area contributed by atoms with Crippen LogP contribution in [-0.4, -0.2) is 52.4 Å². The number of likely N-dealkylation sites (N-methyl/N-ethyl adjacent to an activating group) is 1. The van der Waals surface area contributed by atoms with Crippen LogP contribution in [0.1, 0.15) is 10.4 Å². The minimum absolute atomic E-state index is 0.118. The maximum atomic E-state index is 12.8. The summed E-state index contributed by atoms with van der Waals surface area (Å²) in [6.45, 7) is 1.37. The van der Waals surface area contributed by atoms with Crippen LogP contribution in [0.5, 0.6) is 0 Å². The van der Waals surface area contributed by atoms with Crippen molar-refractivity contribution in [2.75, 3.05) is 27.2 Å². The van der Waals surface area contributed by atoms with E-state index in [4.69, 9.17) is 4.98 Å². The molecule has 4 rings (SSSR count). The molecule has 3 heterocycles. The maximum Gasteiger partial charge on any atom is 0.255 e. The second kappa shape index (κ2) is 6.14. The molecule has 3 aromatic heterocycles. The molecule has 0 saturated heterocycles. The van der Waals surface area contributed by atoms with E-state index in [1.165, 1.54) is 0 Å². The van der Waals surface area contributed by atoms with Crippen molar-refractivity contribution in [2.24, 2.45) is 0 Å². The Morgan fingerprint density at radius 3 is 2.88 bits per heavy atom. The molecule has 4 aromatic rings. The second-order valence-electron chi connectivity index (χ2n) is 6.31. The van der Waals surface area contributed by atoms with Gasteiger partial charge in [0.15, 0.2) is 5.65 Å². The lowest BCUT2D eigenvalue weighted by molar-refractivity contribution is 0.0952. The Hall–Kier alpha value is -2.99. The Labute approximate surface area is 145 Å². The zero-order chi connectivity index (χ0) is 17.4. The van der Waals surface area contributed by atoms with Crippen LogP contribution < -0.4 is 5.32 Å².